The van der Waals surface area contributed by atoms with Crippen LogP contribution < -0.4 is 4.90 Å². The SMILES string of the molecule is Cc1ccc(N(c2ccc(C)cc2)c2ccc(-n3c4ccccc4c4ccc5c(cc(-c6ccccc6)n5-c5ccccc5)c43)cc2)cc1. The maximum Gasteiger partial charge on any atom is 0.0635 e. The standard InChI is InChI=1S/C46H35N3/c1-32-17-21-36(22-18-32)47(37-23-19-33(2)20-24-37)38-25-27-39(28-26-38)49-43-16-10-9-15-40(43)41-29-30-44-42(46(41)49)31-45(34-11-5-3-6-12-34)48(44)35-13-7-4-8-14-35/h3-31H,1-2H3. The fraction of sp³-hybridized carbons (Fsp3) is 0.0435. The van der Waals surface area contributed by atoms with Crippen molar-refractivity contribution in [3.8, 4) is 22.6 Å². The number of aromatic nitrogens is 2. The van der Waals surface area contributed by atoms with Crippen LogP contribution in [0.15, 0.2) is 176 Å². The van der Waals surface area contributed by atoms with Crippen molar-refractivity contribution in [1.29, 1.82) is 0 Å². The largest absolute Gasteiger partial charge is 0.311 e. The van der Waals surface area contributed by atoms with E-state index in [9.17, 15) is 0 Å². The van der Waals surface area contributed by atoms with Gasteiger partial charge in [-0.05, 0) is 98.3 Å². The lowest BCUT2D eigenvalue weighted by molar-refractivity contribution is 1.13. The lowest BCUT2D eigenvalue weighted by atomic mass is 10.1. The first-order valence-electron chi connectivity index (χ1n) is 16.9. The van der Waals surface area contributed by atoms with E-state index in [1.165, 1.54) is 55.1 Å². The van der Waals surface area contributed by atoms with E-state index in [-0.39, 0.29) is 0 Å². The maximum atomic E-state index is 2.45. The van der Waals surface area contributed by atoms with Crippen molar-refractivity contribution in [2.24, 2.45) is 0 Å². The van der Waals surface area contributed by atoms with Crippen LogP contribution in [0.5, 0.6) is 0 Å². The van der Waals surface area contributed by atoms with Crippen molar-refractivity contribution in [2.45, 2.75) is 13.8 Å². The number of rotatable bonds is 6. The van der Waals surface area contributed by atoms with Gasteiger partial charge in [0, 0.05) is 44.6 Å². The van der Waals surface area contributed by atoms with E-state index in [2.05, 4.69) is 204 Å². The molecule has 0 fully saturated rings. The van der Waals surface area contributed by atoms with Gasteiger partial charge < -0.3 is 14.0 Å². The molecule has 9 rings (SSSR count). The van der Waals surface area contributed by atoms with Crippen molar-refractivity contribution < 1.29 is 0 Å². The summed E-state index contributed by atoms with van der Waals surface area (Å²) in [5.74, 6) is 0. The zero-order valence-electron chi connectivity index (χ0n) is 27.6. The molecule has 234 valence electrons. The monoisotopic (exact) mass is 629 g/mol. The molecule has 0 aliphatic carbocycles. The molecule has 3 nitrogen and oxygen atoms in total. The Morgan fingerprint density at radius 3 is 1.53 bits per heavy atom. The molecule has 0 aliphatic rings. The predicted molar refractivity (Wildman–Crippen MR) is 207 cm³/mol. The van der Waals surface area contributed by atoms with Gasteiger partial charge in [-0.3, -0.25) is 0 Å². The minimum atomic E-state index is 1.11. The Morgan fingerprint density at radius 1 is 0.388 bits per heavy atom. The quantitative estimate of drug-likeness (QED) is 0.178. The van der Waals surface area contributed by atoms with Crippen LogP contribution in [0.1, 0.15) is 11.1 Å². The number of para-hydroxylation sites is 2. The van der Waals surface area contributed by atoms with Crippen LogP contribution in [0.2, 0.25) is 0 Å². The molecule has 49 heavy (non-hydrogen) atoms. The molecule has 0 N–H and O–H groups in total. The third kappa shape index (κ3) is 4.90. The molecule has 7 aromatic carbocycles. The van der Waals surface area contributed by atoms with Crippen LogP contribution in [0.25, 0.3) is 55.3 Å². The van der Waals surface area contributed by atoms with E-state index < -0.39 is 0 Å². The highest BCUT2D eigenvalue weighted by molar-refractivity contribution is 6.19. The minimum absolute atomic E-state index is 1.11. The Hall–Kier alpha value is -6.32. The summed E-state index contributed by atoms with van der Waals surface area (Å²) < 4.78 is 4.85. The van der Waals surface area contributed by atoms with E-state index in [0.717, 1.165) is 28.4 Å². The molecule has 2 heterocycles. The summed E-state index contributed by atoms with van der Waals surface area (Å²) in [6.45, 7) is 4.27. The number of benzene rings is 7. The number of anilines is 3. The second-order valence-corrected chi connectivity index (χ2v) is 12.8. The van der Waals surface area contributed by atoms with E-state index in [1.807, 2.05) is 0 Å². The number of nitrogens with zero attached hydrogens (tertiary/aromatic N) is 3. The van der Waals surface area contributed by atoms with Gasteiger partial charge >= 0.3 is 0 Å². The first kappa shape index (κ1) is 28.9. The molecular formula is C46H35N3. The summed E-state index contributed by atoms with van der Waals surface area (Å²) >= 11 is 0. The Kier molecular flexibility index (Phi) is 6.91. The van der Waals surface area contributed by atoms with Gasteiger partial charge in [0.05, 0.1) is 22.2 Å². The molecule has 0 bridgehead atoms. The highest BCUT2D eigenvalue weighted by Crippen LogP contribution is 2.41. The summed E-state index contributed by atoms with van der Waals surface area (Å²) in [5.41, 5.74) is 14.1. The highest BCUT2D eigenvalue weighted by atomic mass is 15.1. The van der Waals surface area contributed by atoms with Crippen LogP contribution in [0.4, 0.5) is 17.1 Å². The van der Waals surface area contributed by atoms with E-state index in [4.69, 9.17) is 0 Å². The fourth-order valence-electron chi connectivity index (χ4n) is 7.27. The summed E-state index contributed by atoms with van der Waals surface area (Å²) in [6, 6.07) is 63.7. The summed E-state index contributed by atoms with van der Waals surface area (Å²) in [7, 11) is 0. The topological polar surface area (TPSA) is 13.1 Å². The second kappa shape index (κ2) is 11.7. The van der Waals surface area contributed by atoms with Crippen LogP contribution >= 0.6 is 0 Å². The third-order valence-electron chi connectivity index (χ3n) is 9.65. The number of fused-ring (bicyclic) bond motifs is 5. The first-order chi connectivity index (χ1) is 24.1. The molecule has 3 heteroatoms. The van der Waals surface area contributed by atoms with Crippen LogP contribution in [0.3, 0.4) is 0 Å². The molecule has 0 radical (unpaired) electrons. The van der Waals surface area contributed by atoms with Crippen LogP contribution in [-0.4, -0.2) is 9.13 Å². The average Bonchev–Trinajstić information content (AvgIpc) is 3.71. The first-order valence-corrected chi connectivity index (χ1v) is 16.9. The summed E-state index contributed by atoms with van der Waals surface area (Å²) in [4.78, 5) is 2.33. The maximum absolute atomic E-state index is 2.45. The van der Waals surface area contributed by atoms with E-state index in [1.54, 1.807) is 0 Å². The zero-order valence-corrected chi connectivity index (χ0v) is 27.6. The Bertz CT molecular complexity index is 2530. The van der Waals surface area contributed by atoms with Crippen LogP contribution in [0, 0.1) is 13.8 Å². The smallest absolute Gasteiger partial charge is 0.0635 e. The van der Waals surface area contributed by atoms with E-state index in [0.29, 0.717) is 0 Å². The molecule has 0 aliphatic heterocycles. The van der Waals surface area contributed by atoms with Crippen molar-refractivity contribution in [3.63, 3.8) is 0 Å². The Balaban J connectivity index is 1.27. The average molecular weight is 630 g/mol. The molecule has 0 saturated heterocycles. The molecule has 0 amide bonds. The third-order valence-corrected chi connectivity index (χ3v) is 9.65. The van der Waals surface area contributed by atoms with Gasteiger partial charge in [0.15, 0.2) is 0 Å². The second-order valence-electron chi connectivity index (χ2n) is 12.8. The molecule has 0 saturated carbocycles. The van der Waals surface area contributed by atoms with Crippen molar-refractivity contribution >= 4 is 49.8 Å². The summed E-state index contributed by atoms with van der Waals surface area (Å²) in [5, 5.41) is 3.72. The van der Waals surface area contributed by atoms with Crippen molar-refractivity contribution in [2.75, 3.05) is 4.90 Å². The molecular weight excluding hydrogens is 595 g/mol. The molecule has 0 unspecified atom stereocenters. The van der Waals surface area contributed by atoms with Gasteiger partial charge in [0.1, 0.15) is 0 Å². The lowest BCUT2D eigenvalue weighted by Gasteiger charge is -2.26. The van der Waals surface area contributed by atoms with Gasteiger partial charge in [-0.25, -0.2) is 0 Å². The zero-order chi connectivity index (χ0) is 32.9. The normalized spacial score (nSPS) is 11.5. The van der Waals surface area contributed by atoms with Gasteiger partial charge in [-0.15, -0.1) is 0 Å². The lowest BCUT2D eigenvalue weighted by Crippen LogP contribution is -2.10. The summed E-state index contributed by atoms with van der Waals surface area (Å²) in [6.07, 6.45) is 0. The Morgan fingerprint density at radius 2 is 0.898 bits per heavy atom. The van der Waals surface area contributed by atoms with Gasteiger partial charge in [-0.1, -0.05) is 108 Å². The fourth-order valence-corrected chi connectivity index (χ4v) is 7.27. The van der Waals surface area contributed by atoms with Crippen LogP contribution in [-0.2, 0) is 0 Å². The Labute approximate surface area is 286 Å². The van der Waals surface area contributed by atoms with Crippen molar-refractivity contribution in [3.05, 3.63) is 187 Å². The highest BCUT2D eigenvalue weighted by Gasteiger charge is 2.20. The molecule has 2 aromatic heterocycles. The number of hydrogen-bond acceptors (Lipinski definition) is 1. The van der Waals surface area contributed by atoms with Crippen molar-refractivity contribution in [1.82, 2.24) is 9.13 Å². The van der Waals surface area contributed by atoms with Gasteiger partial charge in [-0.2, -0.15) is 0 Å². The molecule has 9 aromatic rings. The van der Waals surface area contributed by atoms with Gasteiger partial charge in [0.2, 0.25) is 0 Å². The number of aryl methyl sites for hydroxylation is 2. The molecule has 0 spiro atoms. The predicted octanol–water partition coefficient (Wildman–Crippen LogP) is 12.5. The van der Waals surface area contributed by atoms with Gasteiger partial charge in [0.25, 0.3) is 0 Å². The molecule has 0 atom stereocenters. The number of hydrogen-bond donors (Lipinski definition) is 0. The van der Waals surface area contributed by atoms with E-state index >= 15 is 0 Å². The minimum Gasteiger partial charge on any atom is -0.311 e.